The van der Waals surface area contributed by atoms with Gasteiger partial charge < -0.3 is 20.1 Å². The first-order valence-electron chi connectivity index (χ1n) is 9.38. The normalized spacial score (nSPS) is 15.9. The third-order valence-electron chi connectivity index (χ3n) is 5.12. The van der Waals surface area contributed by atoms with E-state index in [1.165, 1.54) is 6.92 Å². The molecule has 28 heavy (non-hydrogen) atoms. The smallest absolute Gasteiger partial charge is 0.247 e. The van der Waals surface area contributed by atoms with Crippen molar-refractivity contribution in [3.8, 4) is 16.9 Å². The number of aliphatic hydroxyl groups excluding tert-OH is 1. The van der Waals surface area contributed by atoms with Crippen molar-refractivity contribution in [3.63, 3.8) is 0 Å². The number of methoxy groups -OCH3 is 1. The third-order valence-corrected chi connectivity index (χ3v) is 5.12. The van der Waals surface area contributed by atoms with Crippen molar-refractivity contribution in [1.82, 2.24) is 20.4 Å². The SMILES string of the molecule is COc1cccc(-c2cn[nH]c2C2CCN(C(=O)C(CO)NC(C)=O)CC2)c1. The maximum atomic E-state index is 12.5. The van der Waals surface area contributed by atoms with Crippen LogP contribution >= 0.6 is 0 Å². The van der Waals surface area contributed by atoms with E-state index in [-0.39, 0.29) is 17.7 Å². The minimum Gasteiger partial charge on any atom is -0.497 e. The Labute approximate surface area is 163 Å². The fourth-order valence-electron chi connectivity index (χ4n) is 3.67. The predicted molar refractivity (Wildman–Crippen MR) is 104 cm³/mol. The highest BCUT2D eigenvalue weighted by Crippen LogP contribution is 2.35. The van der Waals surface area contributed by atoms with Crippen LogP contribution in [-0.4, -0.2) is 64.9 Å². The fourth-order valence-corrected chi connectivity index (χ4v) is 3.67. The van der Waals surface area contributed by atoms with Crippen LogP contribution in [0.1, 0.15) is 31.4 Å². The van der Waals surface area contributed by atoms with E-state index in [9.17, 15) is 14.7 Å². The summed E-state index contributed by atoms with van der Waals surface area (Å²) < 4.78 is 5.31. The molecule has 2 heterocycles. The van der Waals surface area contributed by atoms with E-state index >= 15 is 0 Å². The minimum absolute atomic E-state index is 0.242. The molecule has 1 atom stereocenters. The summed E-state index contributed by atoms with van der Waals surface area (Å²) in [5.41, 5.74) is 3.13. The van der Waals surface area contributed by atoms with E-state index in [1.54, 1.807) is 12.0 Å². The number of ether oxygens (including phenoxy) is 1. The molecule has 0 saturated carbocycles. The quantitative estimate of drug-likeness (QED) is 0.693. The van der Waals surface area contributed by atoms with Gasteiger partial charge >= 0.3 is 0 Å². The maximum absolute atomic E-state index is 12.5. The number of amides is 2. The van der Waals surface area contributed by atoms with E-state index in [0.29, 0.717) is 13.1 Å². The zero-order valence-electron chi connectivity index (χ0n) is 16.1. The molecule has 3 N–H and O–H groups in total. The molecule has 0 radical (unpaired) electrons. The number of piperidine rings is 1. The van der Waals surface area contributed by atoms with Crippen LogP contribution in [0.5, 0.6) is 5.75 Å². The summed E-state index contributed by atoms with van der Waals surface area (Å²) in [6.07, 6.45) is 3.38. The predicted octanol–water partition coefficient (Wildman–Crippen LogP) is 1.29. The van der Waals surface area contributed by atoms with Gasteiger partial charge in [0.2, 0.25) is 11.8 Å². The van der Waals surface area contributed by atoms with Crippen molar-refractivity contribution in [2.45, 2.75) is 31.7 Å². The number of aliphatic hydroxyl groups is 1. The van der Waals surface area contributed by atoms with Crippen LogP contribution in [0.2, 0.25) is 0 Å². The first-order chi connectivity index (χ1) is 13.5. The van der Waals surface area contributed by atoms with E-state index < -0.39 is 12.6 Å². The van der Waals surface area contributed by atoms with Crippen LogP contribution in [0.3, 0.4) is 0 Å². The Balaban J connectivity index is 1.68. The van der Waals surface area contributed by atoms with Gasteiger partial charge in [0.05, 0.1) is 19.9 Å². The molecule has 1 aliphatic rings. The molecule has 0 bridgehead atoms. The lowest BCUT2D eigenvalue weighted by Gasteiger charge is -2.34. The summed E-state index contributed by atoms with van der Waals surface area (Å²) in [5, 5.41) is 19.3. The van der Waals surface area contributed by atoms with Crippen molar-refractivity contribution in [1.29, 1.82) is 0 Å². The number of rotatable bonds is 6. The molecule has 1 fully saturated rings. The molecular weight excluding hydrogens is 360 g/mol. The number of likely N-dealkylation sites (tertiary alicyclic amines) is 1. The molecule has 0 spiro atoms. The van der Waals surface area contributed by atoms with Gasteiger partial charge in [-0.1, -0.05) is 12.1 Å². The Hall–Kier alpha value is -2.87. The first kappa shape index (κ1) is 19.9. The molecule has 1 saturated heterocycles. The van der Waals surface area contributed by atoms with E-state index in [1.807, 2.05) is 30.5 Å². The monoisotopic (exact) mass is 386 g/mol. The lowest BCUT2D eigenvalue weighted by Crippen LogP contribution is -2.51. The van der Waals surface area contributed by atoms with Gasteiger partial charge in [0.1, 0.15) is 11.8 Å². The van der Waals surface area contributed by atoms with Crippen LogP contribution in [-0.2, 0) is 9.59 Å². The van der Waals surface area contributed by atoms with E-state index in [4.69, 9.17) is 4.74 Å². The van der Waals surface area contributed by atoms with E-state index in [2.05, 4.69) is 15.5 Å². The molecule has 2 aromatic rings. The summed E-state index contributed by atoms with van der Waals surface area (Å²) in [5.74, 6) is 0.468. The summed E-state index contributed by atoms with van der Waals surface area (Å²) in [4.78, 5) is 25.5. The number of carbonyl (C=O) groups is 2. The van der Waals surface area contributed by atoms with Crippen molar-refractivity contribution in [3.05, 3.63) is 36.2 Å². The van der Waals surface area contributed by atoms with Crippen LogP contribution in [0.4, 0.5) is 0 Å². The molecular formula is C20H26N4O4. The molecule has 8 heteroatoms. The average molecular weight is 386 g/mol. The molecule has 1 aliphatic heterocycles. The van der Waals surface area contributed by atoms with Crippen molar-refractivity contribution in [2.75, 3.05) is 26.8 Å². The lowest BCUT2D eigenvalue weighted by molar-refractivity contribution is -0.138. The highest BCUT2D eigenvalue weighted by molar-refractivity contribution is 5.87. The van der Waals surface area contributed by atoms with Gasteiger partial charge in [-0.05, 0) is 30.5 Å². The molecule has 2 amide bonds. The van der Waals surface area contributed by atoms with Crippen LogP contribution in [0.25, 0.3) is 11.1 Å². The number of aromatic amines is 1. The second-order valence-electron chi connectivity index (χ2n) is 6.96. The summed E-state index contributed by atoms with van der Waals surface area (Å²) in [7, 11) is 1.64. The van der Waals surface area contributed by atoms with Gasteiger partial charge in [0.15, 0.2) is 0 Å². The Kier molecular flexibility index (Phi) is 6.30. The second kappa shape index (κ2) is 8.88. The fraction of sp³-hybridized carbons (Fsp3) is 0.450. The third kappa shape index (κ3) is 4.33. The number of nitrogens with one attached hydrogen (secondary N) is 2. The average Bonchev–Trinajstić information content (AvgIpc) is 3.21. The van der Waals surface area contributed by atoms with Gasteiger partial charge in [-0.15, -0.1) is 0 Å². The summed E-state index contributed by atoms with van der Waals surface area (Å²) in [6, 6.07) is 6.97. The zero-order chi connectivity index (χ0) is 20.1. The molecule has 8 nitrogen and oxygen atoms in total. The number of benzene rings is 1. The lowest BCUT2D eigenvalue weighted by atomic mass is 9.89. The molecule has 1 aromatic carbocycles. The van der Waals surface area contributed by atoms with Crippen molar-refractivity contribution in [2.24, 2.45) is 0 Å². The molecule has 1 aromatic heterocycles. The van der Waals surface area contributed by atoms with Crippen LogP contribution in [0.15, 0.2) is 30.5 Å². The second-order valence-corrected chi connectivity index (χ2v) is 6.96. The largest absolute Gasteiger partial charge is 0.497 e. The van der Waals surface area contributed by atoms with Crippen molar-refractivity contribution < 1.29 is 19.4 Å². The Bertz CT molecular complexity index is 827. The molecule has 3 rings (SSSR count). The topological polar surface area (TPSA) is 108 Å². The first-order valence-corrected chi connectivity index (χ1v) is 9.38. The number of aromatic nitrogens is 2. The molecule has 0 aliphatic carbocycles. The van der Waals surface area contributed by atoms with Gasteiger partial charge in [-0.25, -0.2) is 0 Å². The number of nitrogens with zero attached hydrogens (tertiary/aromatic N) is 2. The summed E-state index contributed by atoms with van der Waals surface area (Å²) in [6.45, 7) is 2.06. The number of hydrogen-bond donors (Lipinski definition) is 3. The Morgan fingerprint density at radius 2 is 2.14 bits per heavy atom. The maximum Gasteiger partial charge on any atom is 0.247 e. The van der Waals surface area contributed by atoms with Gasteiger partial charge in [-0.2, -0.15) is 5.10 Å². The van der Waals surface area contributed by atoms with Gasteiger partial charge in [-0.3, -0.25) is 14.7 Å². The Morgan fingerprint density at radius 3 is 2.79 bits per heavy atom. The number of H-pyrrole nitrogens is 1. The Morgan fingerprint density at radius 1 is 1.39 bits per heavy atom. The highest BCUT2D eigenvalue weighted by Gasteiger charge is 2.30. The van der Waals surface area contributed by atoms with Crippen LogP contribution in [0, 0.1) is 0 Å². The van der Waals surface area contributed by atoms with Gasteiger partial charge in [0, 0.05) is 37.2 Å². The minimum atomic E-state index is -0.881. The van der Waals surface area contributed by atoms with Gasteiger partial charge in [0.25, 0.3) is 0 Å². The standard InChI is InChI=1S/C20H26N4O4/c1-13(26)22-18(12-25)20(27)24-8-6-14(7-9-24)19-17(11-21-23-19)15-4-3-5-16(10-15)28-2/h3-5,10-11,14,18,25H,6-9,12H2,1-2H3,(H,21,23)(H,22,26). The van der Waals surface area contributed by atoms with E-state index in [0.717, 1.165) is 35.4 Å². The van der Waals surface area contributed by atoms with Crippen LogP contribution < -0.4 is 10.1 Å². The highest BCUT2D eigenvalue weighted by atomic mass is 16.5. The van der Waals surface area contributed by atoms with Crippen molar-refractivity contribution >= 4 is 11.8 Å². The molecule has 1 unspecified atom stereocenters. The summed E-state index contributed by atoms with van der Waals surface area (Å²) >= 11 is 0. The zero-order valence-corrected chi connectivity index (χ0v) is 16.1. The number of carbonyl (C=O) groups excluding carboxylic acids is 2. The number of hydrogen-bond acceptors (Lipinski definition) is 5. The molecule has 150 valence electrons.